The van der Waals surface area contributed by atoms with Crippen molar-refractivity contribution in [2.24, 2.45) is 0 Å². The second-order valence-electron chi connectivity index (χ2n) is 7.24. The molecule has 1 aromatic heterocycles. The van der Waals surface area contributed by atoms with Gasteiger partial charge in [0.05, 0.1) is 13.2 Å². The van der Waals surface area contributed by atoms with Gasteiger partial charge in [0.1, 0.15) is 0 Å². The lowest BCUT2D eigenvalue weighted by Crippen LogP contribution is -2.49. The maximum Gasteiger partial charge on any atom is 0.317 e. The molecule has 0 aliphatic carbocycles. The van der Waals surface area contributed by atoms with Gasteiger partial charge in [0.15, 0.2) is 0 Å². The third-order valence-corrected chi connectivity index (χ3v) is 5.56. The zero-order chi connectivity index (χ0) is 17.8. The van der Waals surface area contributed by atoms with Gasteiger partial charge in [-0.15, -0.1) is 0 Å². The molecule has 1 aromatic carbocycles. The van der Waals surface area contributed by atoms with Gasteiger partial charge in [0.25, 0.3) is 0 Å². The van der Waals surface area contributed by atoms with Crippen LogP contribution in [0.3, 0.4) is 0 Å². The number of likely N-dealkylation sites (tertiary alicyclic amines) is 1. The molecule has 0 saturated carbocycles. The van der Waals surface area contributed by atoms with E-state index in [0.29, 0.717) is 12.6 Å². The van der Waals surface area contributed by atoms with Gasteiger partial charge in [0.2, 0.25) is 0 Å². The molecule has 2 N–H and O–H groups in total. The molecule has 2 aliphatic heterocycles. The topological polar surface area (TPSA) is 60.6 Å². The summed E-state index contributed by atoms with van der Waals surface area (Å²) in [6.45, 7) is 6.08. The number of morpholine rings is 1. The van der Waals surface area contributed by atoms with Crippen LogP contribution >= 0.6 is 0 Å². The SMILES string of the molecule is O=C(NCCc1c[nH]c2ccccc12)N1CCC[C@H]1CN1CCOCC1. The van der Waals surface area contributed by atoms with Crippen LogP contribution in [0.15, 0.2) is 30.5 Å². The maximum atomic E-state index is 12.7. The molecule has 2 aromatic rings. The summed E-state index contributed by atoms with van der Waals surface area (Å²) in [5.41, 5.74) is 2.41. The van der Waals surface area contributed by atoms with Crippen LogP contribution in [0.4, 0.5) is 4.79 Å². The molecule has 2 fully saturated rings. The number of aromatic nitrogens is 1. The van der Waals surface area contributed by atoms with Gasteiger partial charge in [-0.25, -0.2) is 4.79 Å². The van der Waals surface area contributed by atoms with E-state index >= 15 is 0 Å². The molecule has 0 radical (unpaired) electrons. The molecule has 0 unspecified atom stereocenters. The number of fused-ring (bicyclic) bond motifs is 1. The number of nitrogens with zero attached hydrogens (tertiary/aromatic N) is 2. The van der Waals surface area contributed by atoms with Gasteiger partial charge in [0, 0.05) is 55.9 Å². The quantitative estimate of drug-likeness (QED) is 0.864. The lowest BCUT2D eigenvalue weighted by Gasteiger charge is -2.32. The summed E-state index contributed by atoms with van der Waals surface area (Å²) in [5, 5.41) is 4.37. The van der Waals surface area contributed by atoms with E-state index in [9.17, 15) is 4.79 Å². The van der Waals surface area contributed by atoms with E-state index in [4.69, 9.17) is 4.74 Å². The van der Waals surface area contributed by atoms with Crippen LogP contribution < -0.4 is 5.32 Å². The number of hydrogen-bond donors (Lipinski definition) is 2. The van der Waals surface area contributed by atoms with Crippen molar-refractivity contribution in [3.8, 4) is 0 Å². The predicted molar refractivity (Wildman–Crippen MR) is 102 cm³/mol. The monoisotopic (exact) mass is 356 g/mol. The molecule has 1 atom stereocenters. The van der Waals surface area contributed by atoms with Crippen molar-refractivity contribution in [1.29, 1.82) is 0 Å². The van der Waals surface area contributed by atoms with Crippen LogP contribution in [0.1, 0.15) is 18.4 Å². The highest BCUT2D eigenvalue weighted by Crippen LogP contribution is 2.20. The first-order chi connectivity index (χ1) is 12.8. The zero-order valence-electron chi connectivity index (χ0n) is 15.2. The molecular formula is C20H28N4O2. The Hall–Kier alpha value is -2.05. The summed E-state index contributed by atoms with van der Waals surface area (Å²) in [6, 6.07) is 8.71. The average Bonchev–Trinajstić information content (AvgIpc) is 3.30. The molecule has 4 rings (SSSR count). The number of ether oxygens (including phenoxy) is 1. The van der Waals surface area contributed by atoms with E-state index in [1.54, 1.807) is 0 Å². The van der Waals surface area contributed by atoms with E-state index in [1.165, 1.54) is 10.9 Å². The zero-order valence-corrected chi connectivity index (χ0v) is 15.2. The Morgan fingerprint density at radius 2 is 2.08 bits per heavy atom. The minimum atomic E-state index is 0.0839. The van der Waals surface area contributed by atoms with Gasteiger partial charge >= 0.3 is 6.03 Å². The van der Waals surface area contributed by atoms with Gasteiger partial charge in [-0.3, -0.25) is 4.90 Å². The van der Waals surface area contributed by atoms with Gasteiger partial charge < -0.3 is 19.9 Å². The van der Waals surface area contributed by atoms with Crippen LogP contribution in [0, 0.1) is 0 Å². The van der Waals surface area contributed by atoms with E-state index in [2.05, 4.69) is 33.4 Å². The third-order valence-electron chi connectivity index (χ3n) is 5.56. The van der Waals surface area contributed by atoms with Crippen molar-refractivity contribution >= 4 is 16.9 Å². The first-order valence-electron chi connectivity index (χ1n) is 9.71. The predicted octanol–water partition coefficient (Wildman–Crippen LogP) is 2.22. The van der Waals surface area contributed by atoms with Gasteiger partial charge in [-0.1, -0.05) is 18.2 Å². The normalized spacial score (nSPS) is 21.4. The number of hydrogen-bond acceptors (Lipinski definition) is 3. The molecule has 2 aliphatic rings. The summed E-state index contributed by atoms with van der Waals surface area (Å²) in [6.07, 6.45) is 5.10. The highest BCUT2D eigenvalue weighted by molar-refractivity contribution is 5.83. The number of nitrogens with one attached hydrogen (secondary N) is 2. The minimum absolute atomic E-state index is 0.0839. The molecule has 6 nitrogen and oxygen atoms in total. The van der Waals surface area contributed by atoms with Gasteiger partial charge in [-0.05, 0) is 30.9 Å². The Morgan fingerprint density at radius 1 is 1.23 bits per heavy atom. The Kier molecular flexibility index (Phi) is 5.41. The number of carbonyl (C=O) groups excluding carboxylic acids is 1. The van der Waals surface area contributed by atoms with Crippen molar-refractivity contribution in [3.63, 3.8) is 0 Å². The Bertz CT molecular complexity index is 738. The Balaban J connectivity index is 1.28. The van der Waals surface area contributed by atoms with Crippen LogP contribution in [0.2, 0.25) is 0 Å². The molecule has 6 heteroatoms. The van der Waals surface area contributed by atoms with Gasteiger partial charge in [-0.2, -0.15) is 0 Å². The van der Waals surface area contributed by atoms with Crippen molar-refractivity contribution in [2.75, 3.05) is 45.9 Å². The molecule has 2 saturated heterocycles. The lowest BCUT2D eigenvalue weighted by atomic mass is 10.1. The standard InChI is InChI=1S/C20H28N4O2/c25-20(21-8-7-16-14-22-19-6-2-1-5-18(16)19)24-9-3-4-17(24)15-23-10-12-26-13-11-23/h1-2,5-6,14,17,22H,3-4,7-13,15H2,(H,21,25)/t17-/m0/s1. The van der Waals surface area contributed by atoms with E-state index in [1.807, 2.05) is 17.2 Å². The van der Waals surface area contributed by atoms with Crippen molar-refractivity contribution in [2.45, 2.75) is 25.3 Å². The van der Waals surface area contributed by atoms with Crippen molar-refractivity contribution in [3.05, 3.63) is 36.0 Å². The van der Waals surface area contributed by atoms with Crippen molar-refractivity contribution in [1.82, 2.24) is 20.1 Å². The number of urea groups is 1. The smallest absolute Gasteiger partial charge is 0.317 e. The number of H-pyrrole nitrogens is 1. The van der Waals surface area contributed by atoms with E-state index in [-0.39, 0.29) is 6.03 Å². The molecule has 26 heavy (non-hydrogen) atoms. The van der Waals surface area contributed by atoms with Crippen LogP contribution in [0.25, 0.3) is 10.9 Å². The third kappa shape index (κ3) is 3.86. The number of aromatic amines is 1. The first kappa shape index (κ1) is 17.4. The van der Waals surface area contributed by atoms with Crippen molar-refractivity contribution < 1.29 is 9.53 Å². The summed E-state index contributed by atoms with van der Waals surface area (Å²) in [7, 11) is 0. The highest BCUT2D eigenvalue weighted by Gasteiger charge is 2.30. The summed E-state index contributed by atoms with van der Waals surface area (Å²) < 4.78 is 5.42. The number of carbonyl (C=O) groups is 1. The van der Waals surface area contributed by atoms with Crippen LogP contribution in [0.5, 0.6) is 0 Å². The lowest BCUT2D eigenvalue weighted by molar-refractivity contribution is 0.0292. The molecule has 2 amide bonds. The second-order valence-corrected chi connectivity index (χ2v) is 7.24. The summed E-state index contributed by atoms with van der Waals surface area (Å²) in [5.74, 6) is 0. The minimum Gasteiger partial charge on any atom is -0.379 e. The Labute approximate surface area is 154 Å². The molecule has 140 valence electrons. The average molecular weight is 356 g/mol. The number of benzene rings is 1. The fraction of sp³-hybridized carbons (Fsp3) is 0.550. The summed E-state index contributed by atoms with van der Waals surface area (Å²) >= 11 is 0. The molecular weight excluding hydrogens is 328 g/mol. The second kappa shape index (κ2) is 8.10. The highest BCUT2D eigenvalue weighted by atomic mass is 16.5. The number of rotatable bonds is 5. The maximum absolute atomic E-state index is 12.7. The number of amides is 2. The fourth-order valence-electron chi connectivity index (χ4n) is 4.12. The van der Waals surface area contributed by atoms with E-state index in [0.717, 1.165) is 64.2 Å². The largest absolute Gasteiger partial charge is 0.379 e. The fourth-order valence-corrected chi connectivity index (χ4v) is 4.12. The first-order valence-corrected chi connectivity index (χ1v) is 9.71. The van der Waals surface area contributed by atoms with E-state index < -0.39 is 0 Å². The molecule has 0 bridgehead atoms. The summed E-state index contributed by atoms with van der Waals surface area (Å²) in [4.78, 5) is 20.4. The Morgan fingerprint density at radius 3 is 2.96 bits per heavy atom. The molecule has 0 spiro atoms. The van der Waals surface area contributed by atoms with Crippen LogP contribution in [-0.4, -0.2) is 72.8 Å². The number of para-hydroxylation sites is 1. The molecule has 3 heterocycles. The van der Waals surface area contributed by atoms with Crippen LogP contribution in [-0.2, 0) is 11.2 Å².